The van der Waals surface area contributed by atoms with Crippen molar-refractivity contribution in [2.45, 2.75) is 38.8 Å². The molecule has 0 fully saturated rings. The minimum Gasteiger partial charge on any atom is -0.344 e. The number of nitrogens with zero attached hydrogens (tertiary/aromatic N) is 3. The summed E-state index contributed by atoms with van der Waals surface area (Å²) in [6, 6.07) is 8.10. The maximum atomic E-state index is 12.9. The first kappa shape index (κ1) is 22.1. The Balaban J connectivity index is 1.87. The fourth-order valence-corrected chi connectivity index (χ4v) is 4.68. The Hall–Kier alpha value is -2.09. The van der Waals surface area contributed by atoms with Crippen LogP contribution in [-0.2, 0) is 11.3 Å². The maximum absolute atomic E-state index is 12.9. The van der Waals surface area contributed by atoms with Crippen LogP contribution in [0.1, 0.15) is 31.4 Å². The third kappa shape index (κ3) is 4.06. The number of aromatic nitrogens is 2. The molecule has 1 amide bonds. The molecule has 1 aliphatic heterocycles. The monoisotopic (exact) mass is 486 g/mol. The van der Waals surface area contributed by atoms with E-state index in [0.717, 1.165) is 17.6 Å². The molecule has 0 bridgehead atoms. The molecule has 5 nitrogen and oxygen atoms in total. The zero-order chi connectivity index (χ0) is 22.3. The van der Waals surface area contributed by atoms with E-state index in [1.165, 1.54) is 0 Å². The first-order valence-electron chi connectivity index (χ1n) is 9.81. The topological polar surface area (TPSA) is 50.2 Å². The van der Waals surface area contributed by atoms with Crippen molar-refractivity contribution in [3.63, 3.8) is 0 Å². The van der Waals surface area contributed by atoms with Crippen molar-refractivity contribution in [3.05, 3.63) is 51.0 Å². The van der Waals surface area contributed by atoms with Crippen molar-refractivity contribution in [1.82, 2.24) is 14.9 Å². The van der Waals surface area contributed by atoms with E-state index in [1.54, 1.807) is 24.3 Å². The number of nitrogens with one attached hydrogen (secondary N) is 1. The lowest BCUT2D eigenvalue weighted by Gasteiger charge is -2.30. The fraction of sp³-hybridized carbons (Fsp3) is 0.333. The number of amides is 1. The molecule has 31 heavy (non-hydrogen) atoms. The van der Waals surface area contributed by atoms with E-state index < -0.39 is 18.4 Å². The number of aryl methyl sites for hydroxylation is 1. The molecule has 1 atom stereocenters. The molecule has 10 heteroatoms. The van der Waals surface area contributed by atoms with Gasteiger partial charge in [0, 0.05) is 23.7 Å². The quantitative estimate of drug-likeness (QED) is 0.455. The maximum Gasteiger partial charge on any atom is 0.315 e. The van der Waals surface area contributed by atoms with Crippen molar-refractivity contribution in [3.8, 4) is 0 Å². The lowest BCUT2D eigenvalue weighted by atomic mass is 10.0. The molecule has 0 radical (unpaired) electrons. The average Bonchev–Trinajstić information content (AvgIpc) is 3.13. The lowest BCUT2D eigenvalue weighted by molar-refractivity contribution is -0.132. The van der Waals surface area contributed by atoms with E-state index >= 15 is 0 Å². The van der Waals surface area contributed by atoms with Crippen LogP contribution in [0.4, 0.5) is 20.4 Å². The standard InChI is InChI=1S/C21H19Cl3F2N4O/c1-2-15(27-20(31)19(25)26)12-5-6-13(23)17-18(12)30-9-3-8-29(21(30)28-17)16-7-4-11(22)10-14(16)24/h4-7,10,15,19H,2-3,8-9H2,1H3,(H,27,31). The number of carbonyl (C=O) groups is 1. The van der Waals surface area contributed by atoms with Crippen molar-refractivity contribution in [2.75, 3.05) is 11.4 Å². The Bertz CT molecular complexity index is 1150. The summed E-state index contributed by atoms with van der Waals surface area (Å²) in [5.41, 5.74) is 2.73. The Morgan fingerprint density at radius 3 is 2.61 bits per heavy atom. The second-order valence-electron chi connectivity index (χ2n) is 7.27. The number of alkyl halides is 2. The fourth-order valence-electron chi connectivity index (χ4n) is 3.97. The largest absolute Gasteiger partial charge is 0.344 e. The van der Waals surface area contributed by atoms with Gasteiger partial charge in [0.1, 0.15) is 5.52 Å². The highest BCUT2D eigenvalue weighted by Crippen LogP contribution is 2.40. The number of rotatable bonds is 5. The van der Waals surface area contributed by atoms with Crippen LogP contribution in [0.25, 0.3) is 11.0 Å². The van der Waals surface area contributed by atoms with Gasteiger partial charge in [0.2, 0.25) is 5.95 Å². The summed E-state index contributed by atoms with van der Waals surface area (Å²) in [6.07, 6.45) is -1.84. The molecular weight excluding hydrogens is 469 g/mol. The minimum absolute atomic E-state index is 0.433. The van der Waals surface area contributed by atoms with Gasteiger partial charge in [-0.1, -0.05) is 47.8 Å². The number of imidazole rings is 1. The molecule has 1 unspecified atom stereocenters. The van der Waals surface area contributed by atoms with Crippen LogP contribution in [-0.4, -0.2) is 28.4 Å². The van der Waals surface area contributed by atoms with Gasteiger partial charge in [-0.25, -0.2) is 4.98 Å². The summed E-state index contributed by atoms with van der Waals surface area (Å²) in [5, 5.41) is 3.90. The molecular formula is C21H19Cl3F2N4O. The number of benzene rings is 2. The van der Waals surface area contributed by atoms with E-state index in [-0.39, 0.29) is 0 Å². The van der Waals surface area contributed by atoms with Crippen LogP contribution in [0.15, 0.2) is 30.3 Å². The summed E-state index contributed by atoms with van der Waals surface area (Å²) < 4.78 is 27.7. The number of hydrogen-bond donors (Lipinski definition) is 1. The first-order chi connectivity index (χ1) is 14.8. The molecule has 0 aliphatic carbocycles. The Morgan fingerprint density at radius 1 is 1.16 bits per heavy atom. The van der Waals surface area contributed by atoms with Crippen LogP contribution < -0.4 is 10.2 Å². The molecule has 1 aromatic heterocycles. The van der Waals surface area contributed by atoms with Crippen molar-refractivity contribution < 1.29 is 13.6 Å². The van der Waals surface area contributed by atoms with E-state index in [4.69, 9.17) is 39.8 Å². The van der Waals surface area contributed by atoms with Gasteiger partial charge in [-0.3, -0.25) is 4.79 Å². The lowest BCUT2D eigenvalue weighted by Crippen LogP contribution is -2.33. The van der Waals surface area contributed by atoms with E-state index in [9.17, 15) is 13.6 Å². The molecule has 4 rings (SSSR count). The van der Waals surface area contributed by atoms with Gasteiger partial charge in [0.05, 0.1) is 27.3 Å². The Kier molecular flexibility index (Phi) is 6.28. The van der Waals surface area contributed by atoms with Crippen LogP contribution in [0.3, 0.4) is 0 Å². The van der Waals surface area contributed by atoms with Crippen molar-refractivity contribution in [1.29, 1.82) is 0 Å². The van der Waals surface area contributed by atoms with Gasteiger partial charge in [-0.05, 0) is 37.1 Å². The summed E-state index contributed by atoms with van der Waals surface area (Å²) in [7, 11) is 0. The van der Waals surface area contributed by atoms with Gasteiger partial charge in [-0.2, -0.15) is 8.78 Å². The molecule has 1 aliphatic rings. The van der Waals surface area contributed by atoms with Gasteiger partial charge in [-0.15, -0.1) is 0 Å². The molecule has 0 spiro atoms. The Labute approximate surface area is 192 Å². The highest BCUT2D eigenvalue weighted by Gasteiger charge is 2.29. The second-order valence-corrected chi connectivity index (χ2v) is 8.52. The van der Waals surface area contributed by atoms with E-state index in [0.29, 0.717) is 51.6 Å². The Morgan fingerprint density at radius 2 is 1.94 bits per heavy atom. The zero-order valence-corrected chi connectivity index (χ0v) is 18.8. The molecule has 0 saturated carbocycles. The predicted octanol–water partition coefficient (Wildman–Crippen LogP) is 6.37. The van der Waals surface area contributed by atoms with Gasteiger partial charge in [0.25, 0.3) is 5.91 Å². The van der Waals surface area contributed by atoms with Gasteiger partial charge >= 0.3 is 6.43 Å². The SMILES string of the molecule is CCC(NC(=O)C(F)F)c1ccc(Cl)c2nc3n(c12)CCCN3c1ccc(Cl)cc1Cl. The highest BCUT2D eigenvalue weighted by atomic mass is 35.5. The molecule has 0 saturated heterocycles. The van der Waals surface area contributed by atoms with E-state index in [2.05, 4.69) is 5.32 Å². The van der Waals surface area contributed by atoms with Crippen molar-refractivity contribution >= 4 is 63.4 Å². The normalized spacial score (nSPS) is 14.7. The van der Waals surface area contributed by atoms with Crippen molar-refractivity contribution in [2.24, 2.45) is 0 Å². The molecule has 164 valence electrons. The van der Waals surface area contributed by atoms with Crippen LogP contribution in [0, 0.1) is 0 Å². The number of hydrogen-bond acceptors (Lipinski definition) is 3. The molecule has 2 heterocycles. The highest BCUT2D eigenvalue weighted by molar-refractivity contribution is 6.36. The summed E-state index contributed by atoms with van der Waals surface area (Å²) in [6.45, 7) is 3.18. The number of anilines is 2. The minimum atomic E-state index is -3.08. The van der Waals surface area contributed by atoms with Crippen LogP contribution in [0.5, 0.6) is 0 Å². The summed E-state index contributed by atoms with van der Waals surface area (Å²) >= 11 is 18.9. The predicted molar refractivity (Wildman–Crippen MR) is 120 cm³/mol. The van der Waals surface area contributed by atoms with E-state index in [1.807, 2.05) is 22.5 Å². The molecule has 3 aromatic rings. The number of halogens is 5. The number of carbonyl (C=O) groups excluding carboxylic acids is 1. The first-order valence-corrected chi connectivity index (χ1v) is 10.9. The average molecular weight is 488 g/mol. The summed E-state index contributed by atoms with van der Waals surface area (Å²) in [4.78, 5) is 18.4. The third-order valence-corrected chi connectivity index (χ3v) is 6.20. The second kappa shape index (κ2) is 8.81. The zero-order valence-electron chi connectivity index (χ0n) is 16.5. The van der Waals surface area contributed by atoms with Crippen LogP contribution >= 0.6 is 34.8 Å². The molecule has 2 aromatic carbocycles. The third-order valence-electron chi connectivity index (χ3n) is 5.36. The van der Waals surface area contributed by atoms with Gasteiger partial charge in [0.15, 0.2) is 0 Å². The van der Waals surface area contributed by atoms with Gasteiger partial charge < -0.3 is 14.8 Å². The van der Waals surface area contributed by atoms with Crippen LogP contribution in [0.2, 0.25) is 15.1 Å². The number of fused-ring (bicyclic) bond motifs is 3. The summed E-state index contributed by atoms with van der Waals surface area (Å²) in [5.74, 6) is -0.655. The molecule has 1 N–H and O–H groups in total. The smallest absolute Gasteiger partial charge is 0.315 e.